The fourth-order valence-corrected chi connectivity index (χ4v) is 1.96. The van der Waals surface area contributed by atoms with Crippen molar-refractivity contribution in [1.82, 2.24) is 4.90 Å². The molecule has 0 saturated heterocycles. The van der Waals surface area contributed by atoms with Crippen LogP contribution in [-0.4, -0.2) is 34.6 Å². The second-order valence-electron chi connectivity index (χ2n) is 4.91. The van der Waals surface area contributed by atoms with Crippen molar-refractivity contribution in [3.05, 3.63) is 28.8 Å². The van der Waals surface area contributed by atoms with Crippen LogP contribution in [0.25, 0.3) is 0 Å². The number of rotatable bonds is 4. The lowest BCUT2D eigenvalue weighted by Crippen LogP contribution is -2.42. The number of nitrogen functional groups attached to an aromatic ring is 1. The zero-order valence-corrected chi connectivity index (χ0v) is 11.7. The van der Waals surface area contributed by atoms with Gasteiger partial charge in [0.2, 0.25) is 0 Å². The predicted molar refractivity (Wildman–Crippen MR) is 73.7 cm³/mol. The Labute approximate surface area is 112 Å². The van der Waals surface area contributed by atoms with Gasteiger partial charge in [0.25, 0.3) is 5.91 Å². The highest BCUT2D eigenvalue weighted by Gasteiger charge is 2.22. The Bertz CT molecular complexity index is 421. The van der Waals surface area contributed by atoms with Gasteiger partial charge in [-0.15, -0.1) is 0 Å². The first-order valence-corrected chi connectivity index (χ1v) is 6.18. The van der Waals surface area contributed by atoms with Crippen LogP contribution in [-0.2, 0) is 0 Å². The molecule has 0 saturated carbocycles. The van der Waals surface area contributed by atoms with Crippen molar-refractivity contribution in [1.29, 1.82) is 0 Å². The number of benzene rings is 1. The number of likely N-dealkylation sites (N-methyl/N-ethyl adjacent to an activating group) is 1. The summed E-state index contributed by atoms with van der Waals surface area (Å²) >= 11 is 5.88. The Kier molecular flexibility index (Phi) is 4.59. The Morgan fingerprint density at radius 2 is 2.06 bits per heavy atom. The van der Waals surface area contributed by atoms with Crippen molar-refractivity contribution in [2.45, 2.75) is 26.4 Å². The maximum atomic E-state index is 12.3. The van der Waals surface area contributed by atoms with Crippen LogP contribution in [0.5, 0.6) is 0 Å². The molecule has 1 aromatic rings. The highest BCUT2D eigenvalue weighted by atomic mass is 35.5. The maximum absolute atomic E-state index is 12.3. The van der Waals surface area contributed by atoms with E-state index in [4.69, 9.17) is 17.3 Å². The summed E-state index contributed by atoms with van der Waals surface area (Å²) in [5, 5.41) is 10.2. The second-order valence-corrected chi connectivity index (χ2v) is 5.34. The minimum atomic E-state index is -0.935. The molecule has 100 valence electrons. The standard InChI is InChI=1S/C13H19ClN2O2/c1-4-16(8-13(2,3)18)12(17)9-5-10(14)7-11(15)6-9/h5-7,18H,4,8,15H2,1-3H3. The Morgan fingerprint density at radius 3 is 2.50 bits per heavy atom. The van der Waals surface area contributed by atoms with Crippen LogP contribution in [0.4, 0.5) is 5.69 Å². The molecule has 1 aromatic carbocycles. The van der Waals surface area contributed by atoms with Crippen LogP contribution in [0.2, 0.25) is 5.02 Å². The molecule has 0 radical (unpaired) electrons. The number of nitrogens with two attached hydrogens (primary N) is 1. The van der Waals surface area contributed by atoms with Crippen molar-refractivity contribution in [3.63, 3.8) is 0 Å². The summed E-state index contributed by atoms with van der Waals surface area (Å²) in [6.07, 6.45) is 0. The van der Waals surface area contributed by atoms with Gasteiger partial charge in [-0.25, -0.2) is 0 Å². The van der Waals surface area contributed by atoms with Crippen LogP contribution in [0, 0.1) is 0 Å². The highest BCUT2D eigenvalue weighted by Crippen LogP contribution is 2.18. The van der Waals surface area contributed by atoms with Gasteiger partial charge in [0, 0.05) is 29.4 Å². The molecule has 3 N–H and O–H groups in total. The van der Waals surface area contributed by atoms with Gasteiger partial charge in [0.05, 0.1) is 5.60 Å². The molecular formula is C13H19ClN2O2. The van der Waals surface area contributed by atoms with E-state index in [9.17, 15) is 9.90 Å². The maximum Gasteiger partial charge on any atom is 0.254 e. The number of nitrogens with zero attached hydrogens (tertiary/aromatic N) is 1. The van der Waals surface area contributed by atoms with E-state index < -0.39 is 5.60 Å². The van der Waals surface area contributed by atoms with E-state index in [2.05, 4.69) is 0 Å². The molecule has 4 nitrogen and oxygen atoms in total. The minimum absolute atomic E-state index is 0.186. The number of hydrogen-bond acceptors (Lipinski definition) is 3. The lowest BCUT2D eigenvalue weighted by atomic mass is 10.1. The van der Waals surface area contributed by atoms with Gasteiger partial charge in [-0.3, -0.25) is 4.79 Å². The van der Waals surface area contributed by atoms with E-state index in [1.165, 1.54) is 0 Å². The third-order valence-electron chi connectivity index (χ3n) is 2.41. The fraction of sp³-hybridized carbons (Fsp3) is 0.462. The number of aliphatic hydroxyl groups is 1. The summed E-state index contributed by atoms with van der Waals surface area (Å²) in [5.41, 5.74) is 5.61. The van der Waals surface area contributed by atoms with Crippen LogP contribution in [0.15, 0.2) is 18.2 Å². The summed E-state index contributed by atoms with van der Waals surface area (Å²) in [7, 11) is 0. The van der Waals surface area contributed by atoms with Gasteiger partial charge in [0.15, 0.2) is 0 Å². The zero-order valence-electron chi connectivity index (χ0n) is 10.9. The summed E-state index contributed by atoms with van der Waals surface area (Å²) in [5.74, 6) is -0.186. The quantitative estimate of drug-likeness (QED) is 0.824. The minimum Gasteiger partial charge on any atom is -0.399 e. The summed E-state index contributed by atoms with van der Waals surface area (Å²) < 4.78 is 0. The first kappa shape index (κ1) is 14.8. The molecule has 0 aliphatic heterocycles. The average molecular weight is 271 g/mol. The molecule has 0 atom stereocenters. The third-order valence-corrected chi connectivity index (χ3v) is 2.63. The number of halogens is 1. The van der Waals surface area contributed by atoms with Crippen LogP contribution in [0.1, 0.15) is 31.1 Å². The van der Waals surface area contributed by atoms with Crippen LogP contribution < -0.4 is 5.73 Å². The van der Waals surface area contributed by atoms with E-state index in [0.29, 0.717) is 22.8 Å². The molecule has 1 amide bonds. The molecule has 5 heteroatoms. The molecule has 0 unspecified atom stereocenters. The summed E-state index contributed by atoms with van der Waals surface area (Å²) in [4.78, 5) is 13.8. The van der Waals surface area contributed by atoms with Gasteiger partial charge in [-0.05, 0) is 39.0 Å². The van der Waals surface area contributed by atoms with Crippen LogP contribution >= 0.6 is 11.6 Å². The Balaban J connectivity index is 2.96. The largest absolute Gasteiger partial charge is 0.399 e. The highest BCUT2D eigenvalue weighted by molar-refractivity contribution is 6.31. The molecular weight excluding hydrogens is 252 g/mol. The molecule has 0 heterocycles. The summed E-state index contributed by atoms with van der Waals surface area (Å²) in [6, 6.07) is 4.75. The van der Waals surface area contributed by atoms with Gasteiger partial charge < -0.3 is 15.7 Å². The van der Waals surface area contributed by atoms with E-state index in [-0.39, 0.29) is 12.5 Å². The normalized spacial score (nSPS) is 11.4. The number of carbonyl (C=O) groups is 1. The number of carbonyl (C=O) groups excluding carboxylic acids is 1. The molecule has 0 fully saturated rings. The van der Waals surface area contributed by atoms with Crippen molar-refractivity contribution in [2.75, 3.05) is 18.8 Å². The van der Waals surface area contributed by atoms with E-state index >= 15 is 0 Å². The lowest BCUT2D eigenvalue weighted by Gasteiger charge is -2.28. The predicted octanol–water partition coefficient (Wildman–Crippen LogP) is 2.16. The van der Waals surface area contributed by atoms with Crippen molar-refractivity contribution in [2.24, 2.45) is 0 Å². The number of amides is 1. The number of anilines is 1. The van der Waals surface area contributed by atoms with Gasteiger partial charge in [-0.1, -0.05) is 11.6 Å². The monoisotopic (exact) mass is 270 g/mol. The SMILES string of the molecule is CCN(CC(C)(C)O)C(=O)c1cc(N)cc(Cl)c1. The summed E-state index contributed by atoms with van der Waals surface area (Å²) in [6.45, 7) is 5.95. The average Bonchev–Trinajstić information content (AvgIpc) is 2.22. The lowest BCUT2D eigenvalue weighted by molar-refractivity contribution is 0.0315. The van der Waals surface area contributed by atoms with Crippen molar-refractivity contribution >= 4 is 23.2 Å². The van der Waals surface area contributed by atoms with E-state index in [1.807, 2.05) is 6.92 Å². The second kappa shape index (κ2) is 5.59. The Morgan fingerprint density at radius 1 is 1.44 bits per heavy atom. The third kappa shape index (κ3) is 4.20. The molecule has 0 bridgehead atoms. The molecule has 0 aromatic heterocycles. The van der Waals surface area contributed by atoms with Gasteiger partial charge in [-0.2, -0.15) is 0 Å². The Hall–Kier alpha value is -1.26. The molecule has 0 aliphatic carbocycles. The van der Waals surface area contributed by atoms with Crippen LogP contribution in [0.3, 0.4) is 0 Å². The van der Waals surface area contributed by atoms with E-state index in [0.717, 1.165) is 0 Å². The van der Waals surface area contributed by atoms with Gasteiger partial charge in [0.1, 0.15) is 0 Å². The molecule has 0 spiro atoms. The fourth-order valence-electron chi connectivity index (χ4n) is 1.71. The topological polar surface area (TPSA) is 66.6 Å². The van der Waals surface area contributed by atoms with Crippen molar-refractivity contribution in [3.8, 4) is 0 Å². The molecule has 1 rings (SSSR count). The smallest absolute Gasteiger partial charge is 0.254 e. The molecule has 18 heavy (non-hydrogen) atoms. The first-order valence-electron chi connectivity index (χ1n) is 5.80. The first-order chi connectivity index (χ1) is 8.23. The zero-order chi connectivity index (χ0) is 13.9. The van der Waals surface area contributed by atoms with E-state index in [1.54, 1.807) is 36.9 Å². The number of hydrogen-bond donors (Lipinski definition) is 2. The van der Waals surface area contributed by atoms with Crippen molar-refractivity contribution < 1.29 is 9.90 Å². The molecule has 0 aliphatic rings. The van der Waals surface area contributed by atoms with Gasteiger partial charge >= 0.3 is 0 Å².